The van der Waals surface area contributed by atoms with Crippen molar-refractivity contribution >= 4 is 0 Å². The highest BCUT2D eigenvalue weighted by Gasteiger charge is 2.40. The van der Waals surface area contributed by atoms with Crippen LogP contribution in [0.4, 0.5) is 0 Å². The summed E-state index contributed by atoms with van der Waals surface area (Å²) in [5.74, 6) is 2.49. The number of fused-ring (bicyclic) bond motifs is 1. The second kappa shape index (κ2) is 5.85. The van der Waals surface area contributed by atoms with Gasteiger partial charge < -0.3 is 15.6 Å². The standard InChI is InChI=1S/C17H26N2O2/c1-11(14-8-13(21-2)6-7-17(14)20)19-9-12-4-3-5-16(18)15(12)10-19/h6-8,11-12,15-16,20H,3-5,9-10,18H2,1-2H3. The minimum Gasteiger partial charge on any atom is -0.508 e. The second-order valence-corrected chi connectivity index (χ2v) is 6.57. The minimum absolute atomic E-state index is 0.192. The van der Waals surface area contributed by atoms with Gasteiger partial charge in [-0.2, -0.15) is 0 Å². The number of phenols is 1. The van der Waals surface area contributed by atoms with E-state index >= 15 is 0 Å². The molecule has 4 nitrogen and oxygen atoms in total. The van der Waals surface area contributed by atoms with E-state index in [0.717, 1.165) is 36.7 Å². The fraction of sp³-hybridized carbons (Fsp3) is 0.647. The Morgan fingerprint density at radius 1 is 1.33 bits per heavy atom. The number of aromatic hydroxyl groups is 1. The van der Waals surface area contributed by atoms with Crippen molar-refractivity contribution in [3.05, 3.63) is 23.8 Å². The summed E-state index contributed by atoms with van der Waals surface area (Å²) in [7, 11) is 1.66. The molecule has 2 aliphatic rings. The predicted molar refractivity (Wildman–Crippen MR) is 83.5 cm³/mol. The van der Waals surface area contributed by atoms with E-state index in [4.69, 9.17) is 10.5 Å². The maximum Gasteiger partial charge on any atom is 0.120 e. The Balaban J connectivity index is 1.78. The van der Waals surface area contributed by atoms with E-state index in [0.29, 0.717) is 17.7 Å². The molecular formula is C17H26N2O2. The number of phenolic OH excluding ortho intramolecular Hbond substituents is 1. The molecule has 1 aliphatic carbocycles. The SMILES string of the molecule is COc1ccc(O)c(C(C)N2CC3CCCC(N)C3C2)c1. The zero-order chi connectivity index (χ0) is 15.0. The molecule has 116 valence electrons. The molecule has 3 rings (SSSR count). The van der Waals surface area contributed by atoms with Crippen LogP contribution in [-0.2, 0) is 0 Å². The average Bonchev–Trinajstić information content (AvgIpc) is 2.93. The Bertz CT molecular complexity index is 506. The average molecular weight is 290 g/mol. The monoisotopic (exact) mass is 290 g/mol. The Hall–Kier alpha value is -1.26. The minimum atomic E-state index is 0.192. The zero-order valence-electron chi connectivity index (χ0n) is 13.0. The molecule has 21 heavy (non-hydrogen) atoms. The summed E-state index contributed by atoms with van der Waals surface area (Å²) in [4.78, 5) is 2.47. The van der Waals surface area contributed by atoms with Gasteiger partial charge >= 0.3 is 0 Å². The van der Waals surface area contributed by atoms with Crippen molar-refractivity contribution in [3.8, 4) is 11.5 Å². The van der Waals surface area contributed by atoms with Gasteiger partial charge in [0, 0.05) is 30.7 Å². The number of nitrogens with two attached hydrogens (primary N) is 1. The first-order chi connectivity index (χ1) is 10.1. The molecule has 2 fully saturated rings. The fourth-order valence-electron chi connectivity index (χ4n) is 4.06. The van der Waals surface area contributed by atoms with Gasteiger partial charge in [-0.05, 0) is 49.8 Å². The van der Waals surface area contributed by atoms with Crippen LogP contribution < -0.4 is 10.5 Å². The topological polar surface area (TPSA) is 58.7 Å². The third-order valence-electron chi connectivity index (χ3n) is 5.41. The van der Waals surface area contributed by atoms with Crippen LogP contribution in [-0.4, -0.2) is 36.2 Å². The summed E-state index contributed by atoms with van der Waals surface area (Å²) in [6, 6.07) is 6.00. The number of benzene rings is 1. The third kappa shape index (κ3) is 2.74. The fourth-order valence-corrected chi connectivity index (χ4v) is 4.06. The van der Waals surface area contributed by atoms with Crippen LogP contribution in [0.5, 0.6) is 11.5 Å². The molecule has 0 amide bonds. The molecule has 3 N–H and O–H groups in total. The summed E-state index contributed by atoms with van der Waals surface area (Å²) in [6.07, 6.45) is 3.72. The van der Waals surface area contributed by atoms with Crippen molar-refractivity contribution in [2.75, 3.05) is 20.2 Å². The van der Waals surface area contributed by atoms with E-state index in [2.05, 4.69) is 11.8 Å². The first-order valence-corrected chi connectivity index (χ1v) is 7.96. The molecular weight excluding hydrogens is 264 g/mol. The number of rotatable bonds is 3. The summed E-state index contributed by atoms with van der Waals surface area (Å²) >= 11 is 0. The van der Waals surface area contributed by atoms with Crippen LogP contribution in [0.2, 0.25) is 0 Å². The van der Waals surface area contributed by atoms with E-state index in [-0.39, 0.29) is 6.04 Å². The van der Waals surface area contributed by atoms with Crippen molar-refractivity contribution in [3.63, 3.8) is 0 Å². The molecule has 0 bridgehead atoms. The largest absolute Gasteiger partial charge is 0.508 e. The van der Waals surface area contributed by atoms with Gasteiger partial charge in [0.2, 0.25) is 0 Å². The quantitative estimate of drug-likeness (QED) is 0.898. The number of methoxy groups -OCH3 is 1. The Morgan fingerprint density at radius 2 is 2.14 bits per heavy atom. The van der Waals surface area contributed by atoms with Crippen molar-refractivity contribution in [2.45, 2.75) is 38.3 Å². The highest BCUT2D eigenvalue weighted by Crippen LogP contribution is 2.40. The van der Waals surface area contributed by atoms with Crippen molar-refractivity contribution in [1.29, 1.82) is 0 Å². The lowest BCUT2D eigenvalue weighted by atomic mass is 9.78. The van der Waals surface area contributed by atoms with E-state index < -0.39 is 0 Å². The Morgan fingerprint density at radius 3 is 2.86 bits per heavy atom. The Kier molecular flexibility index (Phi) is 4.09. The van der Waals surface area contributed by atoms with Gasteiger partial charge in [0.1, 0.15) is 11.5 Å². The van der Waals surface area contributed by atoms with Gasteiger partial charge in [0.05, 0.1) is 7.11 Å². The molecule has 0 radical (unpaired) electrons. The van der Waals surface area contributed by atoms with Gasteiger partial charge in [-0.15, -0.1) is 0 Å². The van der Waals surface area contributed by atoms with Gasteiger partial charge in [0.25, 0.3) is 0 Å². The van der Waals surface area contributed by atoms with Gasteiger partial charge in [-0.3, -0.25) is 4.90 Å². The van der Waals surface area contributed by atoms with Crippen LogP contribution >= 0.6 is 0 Å². The first kappa shape index (κ1) is 14.7. The van der Waals surface area contributed by atoms with Gasteiger partial charge in [-0.1, -0.05) is 6.42 Å². The lowest BCUT2D eigenvalue weighted by molar-refractivity contribution is 0.240. The molecule has 4 heteroatoms. The van der Waals surface area contributed by atoms with E-state index in [1.807, 2.05) is 6.07 Å². The lowest BCUT2D eigenvalue weighted by Crippen LogP contribution is -2.38. The molecule has 1 aliphatic heterocycles. The third-order valence-corrected chi connectivity index (χ3v) is 5.41. The number of ether oxygens (including phenoxy) is 1. The van der Waals surface area contributed by atoms with Gasteiger partial charge in [0.15, 0.2) is 0 Å². The highest BCUT2D eigenvalue weighted by molar-refractivity contribution is 5.41. The molecule has 1 aromatic rings. The Labute approximate surface area is 126 Å². The molecule has 0 aromatic heterocycles. The molecule has 1 saturated carbocycles. The summed E-state index contributed by atoms with van der Waals surface area (Å²) in [6.45, 7) is 4.30. The normalized spacial score (nSPS) is 30.9. The number of likely N-dealkylation sites (tertiary alicyclic amines) is 1. The maximum atomic E-state index is 10.2. The van der Waals surface area contributed by atoms with Crippen LogP contribution in [0, 0.1) is 11.8 Å². The number of nitrogens with zero attached hydrogens (tertiary/aromatic N) is 1. The van der Waals surface area contributed by atoms with Crippen LogP contribution in [0.3, 0.4) is 0 Å². The van der Waals surface area contributed by atoms with E-state index in [9.17, 15) is 5.11 Å². The molecule has 1 heterocycles. The lowest BCUT2D eigenvalue weighted by Gasteiger charge is -2.30. The summed E-state index contributed by atoms with van der Waals surface area (Å²) in [5.41, 5.74) is 7.25. The van der Waals surface area contributed by atoms with Crippen molar-refractivity contribution in [2.24, 2.45) is 17.6 Å². The molecule has 1 aromatic carbocycles. The number of hydrogen-bond acceptors (Lipinski definition) is 4. The molecule has 1 saturated heterocycles. The number of hydrogen-bond donors (Lipinski definition) is 2. The second-order valence-electron chi connectivity index (χ2n) is 6.57. The molecule has 0 spiro atoms. The van der Waals surface area contributed by atoms with Crippen LogP contribution in [0.25, 0.3) is 0 Å². The summed E-state index contributed by atoms with van der Waals surface area (Å²) in [5, 5.41) is 10.2. The molecule has 4 unspecified atom stereocenters. The van der Waals surface area contributed by atoms with Crippen LogP contribution in [0.15, 0.2) is 18.2 Å². The zero-order valence-corrected chi connectivity index (χ0v) is 13.0. The first-order valence-electron chi connectivity index (χ1n) is 7.96. The van der Waals surface area contributed by atoms with E-state index in [1.54, 1.807) is 19.2 Å². The van der Waals surface area contributed by atoms with Gasteiger partial charge in [-0.25, -0.2) is 0 Å². The molecule has 4 atom stereocenters. The van der Waals surface area contributed by atoms with Crippen molar-refractivity contribution in [1.82, 2.24) is 4.90 Å². The van der Waals surface area contributed by atoms with Crippen LogP contribution in [0.1, 0.15) is 37.8 Å². The maximum absolute atomic E-state index is 10.2. The smallest absolute Gasteiger partial charge is 0.120 e. The predicted octanol–water partition coefficient (Wildman–Crippen LogP) is 2.52. The van der Waals surface area contributed by atoms with Crippen molar-refractivity contribution < 1.29 is 9.84 Å². The summed E-state index contributed by atoms with van der Waals surface area (Å²) < 4.78 is 5.28. The highest BCUT2D eigenvalue weighted by atomic mass is 16.5. The van der Waals surface area contributed by atoms with E-state index in [1.165, 1.54) is 12.8 Å².